The van der Waals surface area contributed by atoms with Gasteiger partial charge in [-0.15, -0.1) is 0 Å². The topological polar surface area (TPSA) is 103 Å². The predicted molar refractivity (Wildman–Crippen MR) is 108 cm³/mol. The zero-order valence-electron chi connectivity index (χ0n) is 16.0. The molecular formula is C20H21ClN2O6. The fourth-order valence-corrected chi connectivity index (χ4v) is 2.62. The quantitative estimate of drug-likeness (QED) is 0.604. The second kappa shape index (κ2) is 10.9. The van der Waals surface area contributed by atoms with E-state index in [0.717, 1.165) is 0 Å². The summed E-state index contributed by atoms with van der Waals surface area (Å²) in [7, 11) is 2.95. The number of halogens is 1. The Kier molecular flexibility index (Phi) is 8.29. The van der Waals surface area contributed by atoms with Crippen molar-refractivity contribution >= 4 is 35.1 Å². The zero-order valence-corrected chi connectivity index (χ0v) is 16.7. The van der Waals surface area contributed by atoms with E-state index in [1.165, 1.54) is 20.3 Å². The maximum absolute atomic E-state index is 12.1. The maximum atomic E-state index is 12.1. The fraction of sp³-hybridized carbons (Fsp3) is 0.250. The summed E-state index contributed by atoms with van der Waals surface area (Å²) in [4.78, 5) is 35.8. The first-order valence-corrected chi connectivity index (χ1v) is 9.02. The minimum absolute atomic E-state index is 0.0609. The Bertz CT molecular complexity index is 887. The highest BCUT2D eigenvalue weighted by Crippen LogP contribution is 2.27. The van der Waals surface area contributed by atoms with Crippen LogP contribution in [0.1, 0.15) is 16.8 Å². The zero-order chi connectivity index (χ0) is 21.2. The van der Waals surface area contributed by atoms with Crippen LogP contribution in [0.4, 0.5) is 5.69 Å². The molecule has 0 fully saturated rings. The first-order valence-electron chi connectivity index (χ1n) is 8.64. The highest BCUT2D eigenvalue weighted by atomic mass is 35.5. The molecule has 0 bridgehead atoms. The van der Waals surface area contributed by atoms with Crippen LogP contribution in [0, 0.1) is 0 Å². The summed E-state index contributed by atoms with van der Waals surface area (Å²) in [5.74, 6) is -0.593. The minimum Gasteiger partial charge on any atom is -0.496 e. The monoisotopic (exact) mass is 420 g/mol. The lowest BCUT2D eigenvalue weighted by atomic mass is 10.2. The number of methoxy groups -OCH3 is 2. The second-order valence-electron chi connectivity index (χ2n) is 5.76. The molecule has 0 aliphatic rings. The summed E-state index contributed by atoms with van der Waals surface area (Å²) in [6.45, 7) is -0.394. The van der Waals surface area contributed by atoms with Crippen molar-refractivity contribution in [3.8, 4) is 11.5 Å². The molecule has 8 nitrogen and oxygen atoms in total. The van der Waals surface area contributed by atoms with E-state index in [1.807, 2.05) is 0 Å². The van der Waals surface area contributed by atoms with Crippen molar-refractivity contribution < 1.29 is 28.6 Å². The maximum Gasteiger partial charge on any atom is 0.308 e. The third-order valence-corrected chi connectivity index (χ3v) is 4.06. The summed E-state index contributed by atoms with van der Waals surface area (Å²) < 4.78 is 15.0. The Labute approximate surface area is 173 Å². The van der Waals surface area contributed by atoms with Gasteiger partial charge in [0.25, 0.3) is 11.8 Å². The van der Waals surface area contributed by atoms with Gasteiger partial charge in [0.05, 0.1) is 31.2 Å². The van der Waals surface area contributed by atoms with E-state index in [-0.39, 0.29) is 18.9 Å². The lowest BCUT2D eigenvalue weighted by molar-refractivity contribution is -0.147. The molecule has 29 heavy (non-hydrogen) atoms. The third-order valence-electron chi connectivity index (χ3n) is 3.77. The van der Waals surface area contributed by atoms with Crippen LogP contribution in [0.25, 0.3) is 0 Å². The van der Waals surface area contributed by atoms with Gasteiger partial charge in [-0.25, -0.2) is 0 Å². The summed E-state index contributed by atoms with van der Waals surface area (Å²) in [5, 5.41) is 5.50. The van der Waals surface area contributed by atoms with Crippen molar-refractivity contribution in [3.63, 3.8) is 0 Å². The van der Waals surface area contributed by atoms with Gasteiger partial charge < -0.3 is 24.8 Å². The van der Waals surface area contributed by atoms with E-state index < -0.39 is 18.5 Å². The Morgan fingerprint density at radius 3 is 2.41 bits per heavy atom. The number of para-hydroxylation sites is 1. The Balaban J connectivity index is 1.72. The minimum atomic E-state index is -0.617. The Morgan fingerprint density at radius 2 is 1.72 bits per heavy atom. The molecular weight excluding hydrogens is 400 g/mol. The summed E-state index contributed by atoms with van der Waals surface area (Å²) in [6.07, 6.45) is -0.0808. The molecule has 0 aliphatic heterocycles. The third kappa shape index (κ3) is 6.69. The van der Waals surface area contributed by atoms with Crippen LogP contribution in [-0.2, 0) is 14.3 Å². The molecule has 0 aliphatic carbocycles. The molecule has 9 heteroatoms. The van der Waals surface area contributed by atoms with Gasteiger partial charge >= 0.3 is 5.97 Å². The highest BCUT2D eigenvalue weighted by molar-refractivity contribution is 6.32. The normalized spacial score (nSPS) is 10.0. The second-order valence-corrected chi connectivity index (χ2v) is 6.17. The molecule has 154 valence electrons. The molecule has 2 amide bonds. The average molecular weight is 421 g/mol. The molecule has 0 radical (unpaired) electrons. The summed E-state index contributed by atoms with van der Waals surface area (Å²) in [5.41, 5.74) is 0.807. The van der Waals surface area contributed by atoms with Crippen molar-refractivity contribution in [3.05, 3.63) is 53.1 Å². The predicted octanol–water partition coefficient (Wildman–Crippen LogP) is 2.66. The van der Waals surface area contributed by atoms with Gasteiger partial charge in [0.1, 0.15) is 11.5 Å². The van der Waals surface area contributed by atoms with Gasteiger partial charge in [-0.3, -0.25) is 14.4 Å². The number of esters is 1. The number of carbonyl (C=O) groups is 3. The van der Waals surface area contributed by atoms with E-state index in [1.54, 1.807) is 36.4 Å². The summed E-state index contributed by atoms with van der Waals surface area (Å²) >= 11 is 5.98. The van der Waals surface area contributed by atoms with Crippen molar-refractivity contribution in [2.75, 3.05) is 32.7 Å². The SMILES string of the molecule is COc1ccc(NC(=O)COC(=O)CCNC(=O)c2ccccc2OC)cc1Cl. The number of amides is 2. The highest BCUT2D eigenvalue weighted by Gasteiger charge is 2.13. The molecule has 2 aromatic carbocycles. The molecule has 0 atom stereocenters. The van der Waals surface area contributed by atoms with Gasteiger partial charge in [-0.05, 0) is 30.3 Å². The number of carbonyl (C=O) groups excluding carboxylic acids is 3. The van der Waals surface area contributed by atoms with Gasteiger partial charge in [-0.2, -0.15) is 0 Å². The number of benzene rings is 2. The Hall–Kier alpha value is -3.26. The number of hydrogen-bond donors (Lipinski definition) is 2. The van der Waals surface area contributed by atoms with Gasteiger partial charge in [-0.1, -0.05) is 23.7 Å². The molecule has 0 unspecified atom stereocenters. The number of rotatable bonds is 9. The van der Waals surface area contributed by atoms with E-state index in [0.29, 0.717) is 27.8 Å². The van der Waals surface area contributed by atoms with Gasteiger partial charge in [0, 0.05) is 12.2 Å². The van der Waals surface area contributed by atoms with Crippen LogP contribution >= 0.6 is 11.6 Å². The molecule has 2 N–H and O–H groups in total. The first kappa shape index (κ1) is 22.0. The van der Waals surface area contributed by atoms with Crippen LogP contribution in [0.15, 0.2) is 42.5 Å². The van der Waals surface area contributed by atoms with Crippen molar-refractivity contribution in [2.24, 2.45) is 0 Å². The number of hydrogen-bond acceptors (Lipinski definition) is 6. The van der Waals surface area contributed by atoms with Crippen LogP contribution in [0.3, 0.4) is 0 Å². The molecule has 0 aromatic heterocycles. The molecule has 0 saturated heterocycles. The number of ether oxygens (including phenoxy) is 3. The summed E-state index contributed by atoms with van der Waals surface area (Å²) in [6, 6.07) is 11.5. The van der Waals surface area contributed by atoms with Crippen LogP contribution in [0.2, 0.25) is 5.02 Å². The standard InChI is InChI=1S/C20H21ClN2O6/c1-27-16-6-4-3-5-14(16)20(26)22-10-9-19(25)29-12-18(24)23-13-7-8-17(28-2)15(21)11-13/h3-8,11H,9-10,12H2,1-2H3,(H,22,26)(H,23,24). The van der Waals surface area contributed by atoms with Gasteiger partial charge in [0.2, 0.25) is 0 Å². The van der Waals surface area contributed by atoms with Crippen molar-refractivity contribution in [1.29, 1.82) is 0 Å². The average Bonchev–Trinajstić information content (AvgIpc) is 2.72. The molecule has 0 saturated carbocycles. The van der Waals surface area contributed by atoms with Crippen LogP contribution in [-0.4, -0.2) is 45.2 Å². The van der Waals surface area contributed by atoms with E-state index >= 15 is 0 Å². The lowest BCUT2D eigenvalue weighted by Crippen LogP contribution is -2.28. The van der Waals surface area contributed by atoms with E-state index in [4.69, 9.17) is 25.8 Å². The lowest BCUT2D eigenvalue weighted by Gasteiger charge is -2.10. The molecule has 2 rings (SSSR count). The first-order chi connectivity index (χ1) is 13.9. The Morgan fingerprint density at radius 1 is 1.00 bits per heavy atom. The molecule has 2 aromatic rings. The van der Waals surface area contributed by atoms with Crippen molar-refractivity contribution in [2.45, 2.75) is 6.42 Å². The van der Waals surface area contributed by atoms with E-state index in [2.05, 4.69) is 10.6 Å². The fourth-order valence-electron chi connectivity index (χ4n) is 2.36. The molecule has 0 heterocycles. The van der Waals surface area contributed by atoms with Gasteiger partial charge in [0.15, 0.2) is 6.61 Å². The smallest absolute Gasteiger partial charge is 0.308 e. The molecule has 0 spiro atoms. The van der Waals surface area contributed by atoms with Crippen LogP contribution in [0.5, 0.6) is 11.5 Å². The number of anilines is 1. The van der Waals surface area contributed by atoms with E-state index in [9.17, 15) is 14.4 Å². The number of nitrogens with one attached hydrogen (secondary N) is 2. The largest absolute Gasteiger partial charge is 0.496 e. The van der Waals surface area contributed by atoms with Crippen molar-refractivity contribution in [1.82, 2.24) is 5.32 Å². The van der Waals surface area contributed by atoms with Crippen LogP contribution < -0.4 is 20.1 Å².